The highest BCUT2D eigenvalue weighted by molar-refractivity contribution is 6.13. The van der Waals surface area contributed by atoms with E-state index in [1.54, 1.807) is 0 Å². The van der Waals surface area contributed by atoms with Crippen LogP contribution in [0.2, 0.25) is 0 Å². The van der Waals surface area contributed by atoms with E-state index in [1.165, 1.54) is 65.6 Å². The van der Waals surface area contributed by atoms with Gasteiger partial charge in [-0.05, 0) is 53.6 Å². The van der Waals surface area contributed by atoms with Gasteiger partial charge in [-0.15, -0.1) is 0 Å². The lowest BCUT2D eigenvalue weighted by Gasteiger charge is -2.12. The van der Waals surface area contributed by atoms with Gasteiger partial charge in [-0.1, -0.05) is 91.0 Å². The average molecular weight is 490 g/mol. The second kappa shape index (κ2) is 7.87. The predicted molar refractivity (Wildman–Crippen MR) is 157 cm³/mol. The Morgan fingerprint density at radius 2 is 1.08 bits per heavy atom. The van der Waals surface area contributed by atoms with E-state index in [2.05, 4.69) is 149 Å². The number of rotatable bonds is 1. The molecule has 0 saturated carbocycles. The van der Waals surface area contributed by atoms with Crippen molar-refractivity contribution in [2.45, 2.75) is 13.1 Å². The molecule has 0 bridgehead atoms. The molecule has 3 heteroatoms. The molecule has 180 valence electrons. The van der Waals surface area contributed by atoms with Gasteiger partial charge in [0.15, 0.2) is 0 Å². The van der Waals surface area contributed by atoms with Gasteiger partial charge in [-0.2, -0.15) is 13.5 Å². The van der Waals surface area contributed by atoms with Crippen LogP contribution in [-0.2, 0) is 0 Å². The molecular weight excluding hydrogens is 462 g/mol. The minimum absolute atomic E-state index is 0.0237. The normalized spacial score (nSPS) is 14.8. The molecule has 1 atom stereocenters. The summed E-state index contributed by atoms with van der Waals surface area (Å²) in [6.45, 7) is 2.23. The highest BCUT2D eigenvalue weighted by Crippen LogP contribution is 2.31. The number of benzene rings is 5. The molecule has 0 saturated heterocycles. The third-order valence-electron chi connectivity index (χ3n) is 8.30. The summed E-state index contributed by atoms with van der Waals surface area (Å²) in [7, 11) is 2.25. The van der Waals surface area contributed by atoms with Crippen molar-refractivity contribution in [1.82, 2.24) is 8.98 Å². The summed E-state index contributed by atoms with van der Waals surface area (Å²) in [5, 5.41) is 7.53. The summed E-state index contributed by atoms with van der Waals surface area (Å²) in [4.78, 5) is 0. The van der Waals surface area contributed by atoms with E-state index in [1.807, 2.05) is 0 Å². The number of hydrogen-bond acceptors (Lipinski definition) is 0. The highest BCUT2D eigenvalue weighted by Gasteiger charge is 2.42. The van der Waals surface area contributed by atoms with Gasteiger partial charge in [-0.3, -0.25) is 0 Å². The van der Waals surface area contributed by atoms with E-state index in [0.717, 1.165) is 0 Å². The van der Waals surface area contributed by atoms with Crippen molar-refractivity contribution in [2.24, 2.45) is 0 Å². The molecule has 7 aromatic rings. The summed E-state index contributed by atoms with van der Waals surface area (Å²) in [6, 6.07) is 44.3. The molecule has 0 aliphatic carbocycles. The summed E-state index contributed by atoms with van der Waals surface area (Å²) < 4.78 is 7.54. The zero-order valence-corrected chi connectivity index (χ0v) is 21.5. The summed E-state index contributed by atoms with van der Waals surface area (Å²) >= 11 is 0. The van der Waals surface area contributed by atoms with Crippen molar-refractivity contribution >= 4 is 49.1 Å². The third kappa shape index (κ3) is 2.73. The molecule has 1 aliphatic heterocycles. The van der Waals surface area contributed by atoms with Crippen LogP contribution < -0.4 is 14.5 Å². The van der Waals surface area contributed by atoms with Crippen molar-refractivity contribution in [3.63, 3.8) is 0 Å². The van der Waals surface area contributed by atoms with Crippen LogP contribution in [0.5, 0.6) is 0 Å². The molecule has 2 aromatic heterocycles. The minimum atomic E-state index is 0.0237. The van der Waals surface area contributed by atoms with Gasteiger partial charge in [-0.25, -0.2) is 0 Å². The Labute approximate surface area is 220 Å². The second-order valence-electron chi connectivity index (χ2n) is 10.3. The molecule has 38 heavy (non-hydrogen) atoms. The Bertz CT molecular complexity index is 2220. The molecule has 0 N–H and O–H groups in total. The van der Waals surface area contributed by atoms with Crippen molar-refractivity contribution < 1.29 is 4.57 Å². The first-order chi connectivity index (χ1) is 18.7. The van der Waals surface area contributed by atoms with Crippen LogP contribution in [0.4, 0.5) is 0 Å². The van der Waals surface area contributed by atoms with Gasteiger partial charge in [0.25, 0.3) is 0 Å². The first kappa shape index (κ1) is 21.3. The lowest BCUT2D eigenvalue weighted by Crippen LogP contribution is -2.45. The van der Waals surface area contributed by atoms with E-state index >= 15 is 0 Å². The zero-order chi connectivity index (χ0) is 25.4. The Morgan fingerprint density at radius 1 is 0.553 bits per heavy atom. The number of nitrogens with zero attached hydrogens (tertiary/aromatic N) is 3. The molecule has 1 unspecified atom stereocenters. The summed E-state index contributed by atoms with van der Waals surface area (Å²) in [5.74, 6) is 0. The quantitative estimate of drug-likeness (QED) is 0.228. The fourth-order valence-electron chi connectivity index (χ4n) is 6.66. The van der Waals surface area contributed by atoms with E-state index in [0.29, 0.717) is 0 Å². The molecule has 3 heterocycles. The lowest BCUT2D eigenvalue weighted by atomic mass is 10.0. The molecule has 0 spiro atoms. The summed E-state index contributed by atoms with van der Waals surface area (Å²) in [5.41, 5.74) is 7.47. The Kier molecular flexibility index (Phi) is 4.42. The number of hydrogen-bond donors (Lipinski definition) is 0. The fourth-order valence-corrected chi connectivity index (χ4v) is 6.66. The van der Waals surface area contributed by atoms with E-state index in [-0.39, 0.29) is 6.17 Å². The standard InChI is InChI=1S/C35H27N3/c1-23-13-3-4-14-24(23)34-36(2)33-29-19-9-12-22-32(29)37-30-20-10-7-17-27(30)25-15-5-6-16-26(25)28-18-8-11-21-31(28)38(34)35(33)37/h3-22,34H,1-2H3/q+2. The summed E-state index contributed by atoms with van der Waals surface area (Å²) in [6.07, 6.45) is 0.0237. The second-order valence-corrected chi connectivity index (χ2v) is 10.3. The molecule has 8 rings (SSSR count). The van der Waals surface area contributed by atoms with Crippen LogP contribution in [0.25, 0.3) is 49.1 Å². The molecule has 0 radical (unpaired) electrons. The van der Waals surface area contributed by atoms with Crippen LogP contribution in [0, 0.1) is 6.92 Å². The van der Waals surface area contributed by atoms with Gasteiger partial charge >= 0.3 is 17.2 Å². The van der Waals surface area contributed by atoms with Gasteiger partial charge in [0.05, 0.1) is 5.56 Å². The molecular formula is C35H27N3+2. The van der Waals surface area contributed by atoms with E-state index in [4.69, 9.17) is 0 Å². The largest absolute Gasteiger partial charge is 0.366 e. The van der Waals surface area contributed by atoms with Crippen LogP contribution in [0.3, 0.4) is 0 Å². The van der Waals surface area contributed by atoms with Crippen LogP contribution in [0.15, 0.2) is 121 Å². The predicted octanol–water partition coefficient (Wildman–Crippen LogP) is 6.67. The zero-order valence-electron chi connectivity index (χ0n) is 21.5. The lowest BCUT2D eigenvalue weighted by molar-refractivity contribution is -0.668. The molecule has 0 amide bonds. The number of aromatic nitrogens is 2. The molecule has 5 aromatic carbocycles. The van der Waals surface area contributed by atoms with Crippen molar-refractivity contribution in [2.75, 3.05) is 7.05 Å². The topological polar surface area (TPSA) is 11.3 Å². The van der Waals surface area contributed by atoms with Gasteiger partial charge in [0.2, 0.25) is 0 Å². The SMILES string of the molecule is Cc1ccccc1C1[N+](C)=c2c3ccccc3n3c4ccccc4c4ccccc4c4ccccc4[n+]1c23. The first-order valence-electron chi connectivity index (χ1n) is 13.2. The Balaban J connectivity index is 1.82. The molecule has 0 fully saturated rings. The number of fused-ring (bicyclic) bond motifs is 10. The first-order valence-corrected chi connectivity index (χ1v) is 13.2. The van der Waals surface area contributed by atoms with E-state index < -0.39 is 0 Å². The molecule has 1 aliphatic rings. The van der Waals surface area contributed by atoms with E-state index in [9.17, 15) is 0 Å². The van der Waals surface area contributed by atoms with Crippen LogP contribution in [-0.4, -0.2) is 11.4 Å². The smallest absolute Gasteiger partial charge is 0.185 e. The minimum Gasteiger partial charge on any atom is -0.185 e. The van der Waals surface area contributed by atoms with Gasteiger partial charge < -0.3 is 0 Å². The fraction of sp³-hybridized carbons (Fsp3) is 0.0857. The maximum Gasteiger partial charge on any atom is 0.366 e. The van der Waals surface area contributed by atoms with Crippen LogP contribution >= 0.6 is 0 Å². The molecule has 3 nitrogen and oxygen atoms in total. The number of aryl methyl sites for hydroxylation is 1. The van der Waals surface area contributed by atoms with Crippen molar-refractivity contribution in [1.29, 1.82) is 0 Å². The van der Waals surface area contributed by atoms with Crippen LogP contribution in [0.1, 0.15) is 17.3 Å². The van der Waals surface area contributed by atoms with Crippen molar-refractivity contribution in [3.05, 3.63) is 138 Å². The van der Waals surface area contributed by atoms with Gasteiger partial charge in [0.1, 0.15) is 29.0 Å². The number of para-hydroxylation sites is 3. The highest BCUT2D eigenvalue weighted by atomic mass is 15.3. The maximum atomic E-state index is 2.58. The van der Waals surface area contributed by atoms with Crippen molar-refractivity contribution in [3.8, 4) is 0 Å². The maximum absolute atomic E-state index is 2.58. The Morgan fingerprint density at radius 3 is 1.82 bits per heavy atom. The Hall–Kier alpha value is -4.76. The third-order valence-corrected chi connectivity index (χ3v) is 8.30. The monoisotopic (exact) mass is 489 g/mol. The van der Waals surface area contributed by atoms with Gasteiger partial charge in [0, 0.05) is 10.8 Å². The average Bonchev–Trinajstić information content (AvgIpc) is 3.46.